The van der Waals surface area contributed by atoms with E-state index in [1.165, 1.54) is 6.07 Å². The monoisotopic (exact) mass is 474 g/mol. The number of fused-ring (bicyclic) bond motifs is 1. The number of hydrogen-bond donors (Lipinski definition) is 1. The van der Waals surface area contributed by atoms with Gasteiger partial charge in [0.1, 0.15) is 5.69 Å². The van der Waals surface area contributed by atoms with Gasteiger partial charge in [-0.15, -0.1) is 0 Å². The highest BCUT2D eigenvalue weighted by molar-refractivity contribution is 5.97. The molecule has 0 unspecified atom stereocenters. The Kier molecular flexibility index (Phi) is 6.79. The van der Waals surface area contributed by atoms with E-state index in [-0.39, 0.29) is 42.1 Å². The van der Waals surface area contributed by atoms with Crippen molar-refractivity contribution in [3.8, 4) is 0 Å². The highest BCUT2D eigenvalue weighted by Crippen LogP contribution is 2.43. The van der Waals surface area contributed by atoms with Crippen molar-refractivity contribution in [3.05, 3.63) is 41.5 Å². The lowest BCUT2D eigenvalue weighted by Gasteiger charge is -2.39. The maximum atomic E-state index is 14.6. The number of carbonyl (C=O) groups excluding carboxylic acids is 1. The topological polar surface area (TPSA) is 66.3 Å². The van der Waals surface area contributed by atoms with Crippen LogP contribution in [-0.4, -0.2) is 63.8 Å². The number of halogens is 2. The van der Waals surface area contributed by atoms with E-state index in [9.17, 15) is 13.6 Å². The van der Waals surface area contributed by atoms with Crippen LogP contribution in [0.15, 0.2) is 24.5 Å². The van der Waals surface area contributed by atoms with E-state index < -0.39 is 5.92 Å². The zero-order valence-corrected chi connectivity index (χ0v) is 20.8. The lowest BCUT2D eigenvalue weighted by Crippen LogP contribution is -2.58. The second-order valence-corrected chi connectivity index (χ2v) is 10.4. The van der Waals surface area contributed by atoms with Crippen molar-refractivity contribution in [1.29, 1.82) is 0 Å². The second kappa shape index (κ2) is 9.34. The number of nitrogens with zero attached hydrogens (tertiary/aromatic N) is 5. The van der Waals surface area contributed by atoms with Gasteiger partial charge in [-0.05, 0) is 19.1 Å². The molecule has 9 heteroatoms. The maximum absolute atomic E-state index is 14.6. The number of hydrogen-bond acceptors (Lipinski definition) is 5. The Morgan fingerprint density at radius 1 is 1.35 bits per heavy atom. The minimum atomic E-state index is -3.01. The average Bonchev–Trinajstić information content (AvgIpc) is 3.29. The van der Waals surface area contributed by atoms with Crippen molar-refractivity contribution >= 4 is 11.6 Å². The van der Waals surface area contributed by atoms with Gasteiger partial charge in [0.05, 0.1) is 12.2 Å². The van der Waals surface area contributed by atoms with Crippen LogP contribution >= 0.6 is 0 Å². The van der Waals surface area contributed by atoms with Crippen molar-refractivity contribution in [2.24, 2.45) is 7.05 Å². The predicted octanol–water partition coefficient (Wildman–Crippen LogP) is 3.24. The molecular weight excluding hydrogens is 438 g/mol. The smallest absolute Gasteiger partial charge is 0.289 e. The van der Waals surface area contributed by atoms with Gasteiger partial charge in [0.25, 0.3) is 5.92 Å². The quantitative estimate of drug-likeness (QED) is 0.668. The van der Waals surface area contributed by atoms with E-state index in [1.807, 2.05) is 31.6 Å². The molecule has 4 heterocycles. The van der Waals surface area contributed by atoms with E-state index in [2.05, 4.69) is 27.2 Å². The van der Waals surface area contributed by atoms with Gasteiger partial charge < -0.3 is 10.2 Å². The van der Waals surface area contributed by atoms with Crippen molar-refractivity contribution < 1.29 is 13.6 Å². The van der Waals surface area contributed by atoms with Crippen LogP contribution in [0, 0.1) is 0 Å². The van der Waals surface area contributed by atoms with Crippen LogP contribution in [0.2, 0.25) is 0 Å². The van der Waals surface area contributed by atoms with Crippen LogP contribution in [-0.2, 0) is 29.6 Å². The molecule has 0 aromatic carbocycles. The largest absolute Gasteiger partial charge is 0.311 e. The minimum absolute atomic E-state index is 0.0631. The summed E-state index contributed by atoms with van der Waals surface area (Å²) in [6.45, 7) is 10.1. The third-order valence-electron chi connectivity index (χ3n) is 7.13. The summed E-state index contributed by atoms with van der Waals surface area (Å²) >= 11 is 0. The number of pyridine rings is 1. The Bertz CT molecular complexity index is 1040. The highest BCUT2D eigenvalue weighted by Gasteiger charge is 2.42. The fourth-order valence-corrected chi connectivity index (χ4v) is 5.15. The number of anilines is 1. The first-order valence-electron chi connectivity index (χ1n) is 12.2. The average molecular weight is 475 g/mol. The Balaban J connectivity index is 1.57. The first kappa shape index (κ1) is 24.7. The minimum Gasteiger partial charge on any atom is -0.311 e. The van der Waals surface area contributed by atoms with Crippen LogP contribution in [0.3, 0.4) is 0 Å². The van der Waals surface area contributed by atoms with Crippen LogP contribution < -0.4 is 10.2 Å². The first-order chi connectivity index (χ1) is 16.0. The number of carbonyl (C=O) groups is 1. The zero-order valence-electron chi connectivity index (χ0n) is 20.8. The van der Waals surface area contributed by atoms with E-state index in [4.69, 9.17) is 0 Å². The van der Waals surface area contributed by atoms with Crippen molar-refractivity contribution in [2.45, 2.75) is 70.4 Å². The highest BCUT2D eigenvalue weighted by atomic mass is 19.3. The summed E-state index contributed by atoms with van der Waals surface area (Å²) in [6, 6.07) is 3.85. The van der Waals surface area contributed by atoms with E-state index in [0.29, 0.717) is 18.7 Å². The van der Waals surface area contributed by atoms with Gasteiger partial charge in [-0.3, -0.25) is 19.4 Å². The molecule has 0 radical (unpaired) electrons. The zero-order chi connectivity index (χ0) is 24.7. The van der Waals surface area contributed by atoms with Crippen molar-refractivity contribution in [3.63, 3.8) is 0 Å². The molecule has 4 rings (SSSR count). The summed E-state index contributed by atoms with van der Waals surface area (Å²) in [6.07, 6.45) is 4.21. The lowest BCUT2D eigenvalue weighted by molar-refractivity contribution is -0.120. The molecule has 0 spiro atoms. The third kappa shape index (κ3) is 4.86. The molecule has 1 amide bonds. The van der Waals surface area contributed by atoms with Gasteiger partial charge in [-0.1, -0.05) is 27.2 Å². The SMILES string of the molecule is CCCC(F)(F)c1cc2c(cn1)C(C)(C)CN2C(=O)CN1C[C@@H](C)NC[C@@H]1Cc1ccnn1C. The maximum Gasteiger partial charge on any atom is 0.289 e. The van der Waals surface area contributed by atoms with Crippen molar-refractivity contribution in [1.82, 2.24) is 25.0 Å². The van der Waals surface area contributed by atoms with Crippen molar-refractivity contribution in [2.75, 3.05) is 31.1 Å². The molecule has 7 nitrogen and oxygen atoms in total. The second-order valence-electron chi connectivity index (χ2n) is 10.4. The normalized spacial score (nSPS) is 22.7. The Hall–Kier alpha value is -2.39. The van der Waals surface area contributed by atoms with E-state index >= 15 is 0 Å². The molecule has 0 bridgehead atoms. The number of amides is 1. The van der Waals surface area contributed by atoms with Crippen LogP contribution in [0.25, 0.3) is 0 Å². The number of aromatic nitrogens is 3. The number of alkyl halides is 2. The number of aryl methyl sites for hydroxylation is 1. The number of nitrogens with one attached hydrogen (secondary N) is 1. The van der Waals surface area contributed by atoms with E-state index in [1.54, 1.807) is 24.2 Å². The van der Waals surface area contributed by atoms with Gasteiger partial charge in [0.15, 0.2) is 0 Å². The van der Waals surface area contributed by atoms with Crippen LogP contribution in [0.4, 0.5) is 14.5 Å². The molecule has 186 valence electrons. The van der Waals surface area contributed by atoms with E-state index in [0.717, 1.165) is 30.8 Å². The lowest BCUT2D eigenvalue weighted by atomic mass is 9.88. The number of rotatable bonds is 7. The van der Waals surface area contributed by atoms with Gasteiger partial charge >= 0.3 is 0 Å². The fraction of sp³-hybridized carbons (Fsp3) is 0.640. The standard InChI is InChI=1S/C25H36F2N6O/c1-6-8-25(26,27)22-11-21-20(13-29-22)24(3,4)16-33(21)23(34)15-32-14-17(2)28-12-19(32)10-18-7-9-30-31(18)5/h7,9,11,13,17,19,28H,6,8,10,12,14-16H2,1-5H3/t17-,19+/m1/s1. The molecule has 1 fully saturated rings. The molecule has 2 aromatic rings. The molecule has 2 aromatic heterocycles. The molecule has 0 saturated carbocycles. The molecule has 2 aliphatic rings. The molecule has 0 aliphatic carbocycles. The summed E-state index contributed by atoms with van der Waals surface area (Å²) in [7, 11) is 1.92. The summed E-state index contributed by atoms with van der Waals surface area (Å²) in [5.41, 5.74) is 1.93. The first-order valence-corrected chi connectivity index (χ1v) is 12.2. The fourth-order valence-electron chi connectivity index (χ4n) is 5.15. The Morgan fingerprint density at radius 3 is 2.79 bits per heavy atom. The summed E-state index contributed by atoms with van der Waals surface area (Å²) in [4.78, 5) is 21.6. The van der Waals surface area contributed by atoms with Gasteiger partial charge in [-0.25, -0.2) is 0 Å². The molecule has 2 aliphatic heterocycles. The van der Waals surface area contributed by atoms with Crippen LogP contribution in [0.5, 0.6) is 0 Å². The van der Waals surface area contributed by atoms with Gasteiger partial charge in [0.2, 0.25) is 5.91 Å². The Labute approximate surface area is 200 Å². The molecule has 1 N–H and O–H groups in total. The third-order valence-corrected chi connectivity index (χ3v) is 7.13. The number of piperazine rings is 1. The van der Waals surface area contributed by atoms with Gasteiger partial charge in [0, 0.05) is 80.7 Å². The Morgan fingerprint density at radius 2 is 2.12 bits per heavy atom. The summed E-state index contributed by atoms with van der Waals surface area (Å²) in [5.74, 6) is -3.07. The summed E-state index contributed by atoms with van der Waals surface area (Å²) < 4.78 is 31.1. The van der Waals surface area contributed by atoms with Gasteiger partial charge in [-0.2, -0.15) is 13.9 Å². The molecule has 34 heavy (non-hydrogen) atoms. The molecular formula is C25H36F2N6O. The molecule has 1 saturated heterocycles. The molecule has 2 atom stereocenters. The predicted molar refractivity (Wildman–Crippen MR) is 128 cm³/mol. The van der Waals surface area contributed by atoms with Crippen LogP contribution in [0.1, 0.15) is 57.5 Å². The summed E-state index contributed by atoms with van der Waals surface area (Å²) in [5, 5.41) is 7.78.